The van der Waals surface area contributed by atoms with E-state index in [0.29, 0.717) is 11.8 Å². The van der Waals surface area contributed by atoms with Crippen LogP contribution in [0.5, 0.6) is 0 Å². The van der Waals surface area contributed by atoms with Gasteiger partial charge in [-0.25, -0.2) is 0 Å². The van der Waals surface area contributed by atoms with Gasteiger partial charge in [0.15, 0.2) is 5.96 Å². The summed E-state index contributed by atoms with van der Waals surface area (Å²) in [7, 11) is 0. The molecule has 0 saturated carbocycles. The van der Waals surface area contributed by atoms with Gasteiger partial charge in [-0.3, -0.25) is 4.99 Å². The summed E-state index contributed by atoms with van der Waals surface area (Å²) in [6.45, 7) is 11.6. The molecule has 114 valence electrons. The number of nitrogens with zero attached hydrogens (tertiary/aromatic N) is 1. The second-order valence-electron chi connectivity index (χ2n) is 5.50. The van der Waals surface area contributed by atoms with Gasteiger partial charge in [0, 0.05) is 26.2 Å². The minimum absolute atomic E-state index is 0.261. The van der Waals surface area contributed by atoms with Crippen LogP contribution in [0.15, 0.2) is 4.99 Å². The van der Waals surface area contributed by atoms with E-state index >= 15 is 0 Å². The molecule has 0 aliphatic rings. The van der Waals surface area contributed by atoms with Gasteiger partial charge < -0.3 is 15.7 Å². The molecule has 0 aliphatic heterocycles. The maximum Gasteiger partial charge on any atom is 0.191 e. The smallest absolute Gasteiger partial charge is 0.191 e. The molecule has 0 saturated heterocycles. The molecule has 0 fully saturated rings. The van der Waals surface area contributed by atoms with Crippen LogP contribution in [0.25, 0.3) is 0 Å². The highest BCUT2D eigenvalue weighted by Crippen LogP contribution is 2.10. The number of aliphatic hydroxyl groups is 1. The van der Waals surface area contributed by atoms with Gasteiger partial charge in [-0.1, -0.05) is 27.2 Å². The Bertz CT molecular complexity index is 223. The molecule has 1 atom stereocenters. The summed E-state index contributed by atoms with van der Waals surface area (Å²) in [5, 5.41) is 15.7. The maximum absolute atomic E-state index is 9.05. The zero-order chi connectivity index (χ0) is 14.5. The third-order valence-electron chi connectivity index (χ3n) is 3.10. The van der Waals surface area contributed by atoms with E-state index in [-0.39, 0.29) is 6.61 Å². The lowest BCUT2D eigenvalue weighted by molar-refractivity contribution is 0.253. The lowest BCUT2D eigenvalue weighted by Crippen LogP contribution is -2.38. The molecule has 0 aliphatic carbocycles. The number of hydrogen-bond acceptors (Lipinski definition) is 2. The van der Waals surface area contributed by atoms with E-state index in [0.717, 1.165) is 51.3 Å². The highest BCUT2D eigenvalue weighted by Gasteiger charge is 2.07. The van der Waals surface area contributed by atoms with Gasteiger partial charge in [0.05, 0.1) is 0 Å². The normalized spacial score (nSPS) is 13.7. The van der Waals surface area contributed by atoms with Gasteiger partial charge >= 0.3 is 0 Å². The number of rotatable bonds is 10. The van der Waals surface area contributed by atoms with Crippen molar-refractivity contribution in [3.63, 3.8) is 0 Å². The molecule has 3 N–H and O–H groups in total. The van der Waals surface area contributed by atoms with Crippen LogP contribution in [-0.2, 0) is 0 Å². The van der Waals surface area contributed by atoms with E-state index < -0.39 is 0 Å². The third kappa shape index (κ3) is 10.8. The van der Waals surface area contributed by atoms with Crippen LogP contribution in [0.3, 0.4) is 0 Å². The van der Waals surface area contributed by atoms with Gasteiger partial charge in [0.2, 0.25) is 0 Å². The van der Waals surface area contributed by atoms with Crippen LogP contribution in [-0.4, -0.2) is 37.3 Å². The number of aliphatic hydroxyl groups excluding tert-OH is 1. The zero-order valence-corrected chi connectivity index (χ0v) is 13.2. The van der Waals surface area contributed by atoms with Crippen LogP contribution < -0.4 is 10.6 Å². The molecule has 19 heavy (non-hydrogen) atoms. The fourth-order valence-electron chi connectivity index (χ4n) is 1.96. The van der Waals surface area contributed by atoms with Crippen LogP contribution in [0.1, 0.15) is 53.4 Å². The Balaban J connectivity index is 4.20. The molecular weight excluding hydrogens is 238 g/mol. The van der Waals surface area contributed by atoms with Crippen molar-refractivity contribution in [1.82, 2.24) is 10.6 Å². The predicted molar refractivity (Wildman–Crippen MR) is 83.5 cm³/mol. The fourth-order valence-corrected chi connectivity index (χ4v) is 1.96. The largest absolute Gasteiger partial charge is 0.396 e. The Hall–Kier alpha value is -0.770. The van der Waals surface area contributed by atoms with E-state index in [9.17, 15) is 0 Å². The predicted octanol–water partition coefficient (Wildman–Crippen LogP) is 2.39. The Kier molecular flexibility index (Phi) is 11.8. The number of guanidine groups is 1. The van der Waals surface area contributed by atoms with Gasteiger partial charge in [0.1, 0.15) is 0 Å². The van der Waals surface area contributed by atoms with Crippen LogP contribution in [0.4, 0.5) is 0 Å². The van der Waals surface area contributed by atoms with E-state index in [2.05, 4.69) is 43.3 Å². The first-order valence-corrected chi connectivity index (χ1v) is 7.77. The van der Waals surface area contributed by atoms with Crippen molar-refractivity contribution < 1.29 is 5.11 Å². The molecule has 1 unspecified atom stereocenters. The summed E-state index contributed by atoms with van der Waals surface area (Å²) >= 11 is 0. The highest BCUT2D eigenvalue weighted by molar-refractivity contribution is 5.79. The maximum atomic E-state index is 9.05. The van der Waals surface area contributed by atoms with Gasteiger partial charge in [0.25, 0.3) is 0 Å². The topological polar surface area (TPSA) is 56.7 Å². The van der Waals surface area contributed by atoms with Crippen molar-refractivity contribution in [2.24, 2.45) is 16.8 Å². The van der Waals surface area contributed by atoms with Gasteiger partial charge in [-0.05, 0) is 38.0 Å². The van der Waals surface area contributed by atoms with Crippen molar-refractivity contribution in [2.45, 2.75) is 53.4 Å². The summed E-state index contributed by atoms with van der Waals surface area (Å²) in [5.74, 6) is 2.11. The van der Waals surface area contributed by atoms with E-state index in [1.807, 2.05) is 0 Å². The van der Waals surface area contributed by atoms with Crippen molar-refractivity contribution in [3.05, 3.63) is 0 Å². The van der Waals surface area contributed by atoms with Gasteiger partial charge in [-0.2, -0.15) is 0 Å². The molecule has 0 radical (unpaired) electrons. The molecule has 0 aromatic carbocycles. The molecular formula is C15H33N3O. The fraction of sp³-hybridized carbons (Fsp3) is 0.933. The molecule has 4 heteroatoms. The molecule has 0 aromatic heterocycles. The van der Waals surface area contributed by atoms with Crippen molar-refractivity contribution >= 4 is 5.96 Å². The van der Waals surface area contributed by atoms with Gasteiger partial charge in [-0.15, -0.1) is 0 Å². The standard InChI is InChI=1S/C15H33N3O/c1-5-7-14(9-11-19)12-18-15(16-6-2)17-10-8-13(3)4/h13-14,19H,5-12H2,1-4H3,(H2,16,17,18). The molecule has 0 aromatic rings. The Morgan fingerprint density at radius 2 is 1.84 bits per heavy atom. The molecule has 0 rings (SSSR count). The first-order valence-electron chi connectivity index (χ1n) is 7.77. The van der Waals surface area contributed by atoms with Crippen LogP contribution in [0.2, 0.25) is 0 Å². The Morgan fingerprint density at radius 1 is 1.11 bits per heavy atom. The molecule has 0 bridgehead atoms. The lowest BCUT2D eigenvalue weighted by atomic mass is 10.0. The summed E-state index contributed by atoms with van der Waals surface area (Å²) in [6, 6.07) is 0. The minimum Gasteiger partial charge on any atom is -0.396 e. The SMILES string of the molecule is CCCC(CCO)CN=C(NCC)NCCC(C)C. The molecule has 0 spiro atoms. The Morgan fingerprint density at radius 3 is 2.37 bits per heavy atom. The molecule has 4 nitrogen and oxygen atoms in total. The molecule has 0 heterocycles. The van der Waals surface area contributed by atoms with Crippen LogP contribution >= 0.6 is 0 Å². The highest BCUT2D eigenvalue weighted by atomic mass is 16.3. The summed E-state index contributed by atoms with van der Waals surface area (Å²) < 4.78 is 0. The van der Waals surface area contributed by atoms with Crippen molar-refractivity contribution in [1.29, 1.82) is 0 Å². The zero-order valence-electron chi connectivity index (χ0n) is 13.2. The van der Waals surface area contributed by atoms with E-state index in [1.165, 1.54) is 0 Å². The number of aliphatic imine (C=N–C) groups is 1. The second kappa shape index (κ2) is 12.3. The third-order valence-corrected chi connectivity index (χ3v) is 3.10. The lowest BCUT2D eigenvalue weighted by Gasteiger charge is -2.15. The first-order chi connectivity index (χ1) is 9.13. The van der Waals surface area contributed by atoms with E-state index in [4.69, 9.17) is 5.11 Å². The second-order valence-corrected chi connectivity index (χ2v) is 5.50. The van der Waals surface area contributed by atoms with Crippen molar-refractivity contribution in [3.8, 4) is 0 Å². The quantitative estimate of drug-likeness (QED) is 0.422. The summed E-state index contributed by atoms with van der Waals surface area (Å²) in [5.41, 5.74) is 0. The number of hydrogen-bond donors (Lipinski definition) is 3. The van der Waals surface area contributed by atoms with Crippen molar-refractivity contribution in [2.75, 3.05) is 26.2 Å². The minimum atomic E-state index is 0.261. The first kappa shape index (κ1) is 18.2. The monoisotopic (exact) mass is 271 g/mol. The van der Waals surface area contributed by atoms with Crippen LogP contribution in [0, 0.1) is 11.8 Å². The summed E-state index contributed by atoms with van der Waals surface area (Å²) in [6.07, 6.45) is 4.29. The molecule has 0 amide bonds. The average Bonchev–Trinajstić information content (AvgIpc) is 2.35. The number of nitrogens with one attached hydrogen (secondary N) is 2. The average molecular weight is 271 g/mol. The summed E-state index contributed by atoms with van der Waals surface area (Å²) in [4.78, 5) is 4.63. The Labute approximate surface area is 119 Å². The van der Waals surface area contributed by atoms with E-state index in [1.54, 1.807) is 0 Å².